The Morgan fingerprint density at radius 1 is 1.33 bits per heavy atom. The second-order valence-corrected chi connectivity index (χ2v) is 8.69. The van der Waals surface area contributed by atoms with Crippen LogP contribution in [-0.2, 0) is 16.6 Å². The second kappa shape index (κ2) is 6.34. The van der Waals surface area contributed by atoms with E-state index in [1.807, 2.05) is 12.4 Å². The molecule has 0 radical (unpaired) electrons. The van der Waals surface area contributed by atoms with Gasteiger partial charge in [-0.1, -0.05) is 6.42 Å². The van der Waals surface area contributed by atoms with Gasteiger partial charge in [-0.15, -0.1) is 11.3 Å². The molecule has 0 amide bonds. The number of thiophene rings is 1. The van der Waals surface area contributed by atoms with E-state index in [9.17, 15) is 8.42 Å². The maximum absolute atomic E-state index is 12.9. The van der Waals surface area contributed by atoms with Crippen molar-refractivity contribution in [3.8, 4) is 0 Å². The predicted octanol–water partition coefficient (Wildman–Crippen LogP) is 1.33. The molecule has 1 aromatic rings. The number of piperazine rings is 1. The second-order valence-electron chi connectivity index (χ2n) is 5.79. The standard InChI is InChI=1S/C14H23N3O2S2/c1-15-10-13-14(5-9-20-13)21(18,19)17-8-7-16-6-3-2-4-12(16)11-17/h5,9,12,15H,2-4,6-8,10-11H2,1H3. The van der Waals surface area contributed by atoms with Crippen LogP contribution in [0.15, 0.2) is 16.3 Å². The van der Waals surface area contributed by atoms with Crippen molar-refractivity contribution in [2.24, 2.45) is 0 Å². The molecule has 5 nitrogen and oxygen atoms in total. The minimum absolute atomic E-state index is 0.411. The minimum Gasteiger partial charge on any atom is -0.315 e. The third kappa shape index (κ3) is 3.03. The van der Waals surface area contributed by atoms with E-state index >= 15 is 0 Å². The number of nitrogens with one attached hydrogen (secondary N) is 1. The number of nitrogens with zero attached hydrogens (tertiary/aromatic N) is 2. The number of fused-ring (bicyclic) bond motifs is 1. The van der Waals surface area contributed by atoms with Crippen LogP contribution in [0.4, 0.5) is 0 Å². The van der Waals surface area contributed by atoms with Gasteiger partial charge in [0.05, 0.1) is 4.90 Å². The van der Waals surface area contributed by atoms with Gasteiger partial charge in [0.25, 0.3) is 0 Å². The van der Waals surface area contributed by atoms with Crippen LogP contribution >= 0.6 is 11.3 Å². The SMILES string of the molecule is CNCc1sccc1S(=O)(=O)N1CCN2CCCCC2C1. The lowest BCUT2D eigenvalue weighted by molar-refractivity contribution is 0.0851. The van der Waals surface area contributed by atoms with Crippen LogP contribution in [0.2, 0.25) is 0 Å². The summed E-state index contributed by atoms with van der Waals surface area (Å²) < 4.78 is 27.5. The summed E-state index contributed by atoms with van der Waals surface area (Å²) in [7, 11) is -1.50. The van der Waals surface area contributed by atoms with Gasteiger partial charge < -0.3 is 5.32 Å². The molecule has 2 saturated heterocycles. The van der Waals surface area contributed by atoms with E-state index in [0.717, 1.165) is 24.4 Å². The van der Waals surface area contributed by atoms with Crippen LogP contribution in [0.1, 0.15) is 24.1 Å². The van der Waals surface area contributed by atoms with Gasteiger partial charge in [0.15, 0.2) is 0 Å². The molecule has 2 fully saturated rings. The van der Waals surface area contributed by atoms with Crippen molar-refractivity contribution in [1.82, 2.24) is 14.5 Å². The highest BCUT2D eigenvalue weighted by atomic mass is 32.2. The Hall–Kier alpha value is -0.470. The lowest BCUT2D eigenvalue weighted by Crippen LogP contribution is -2.56. The molecule has 0 spiro atoms. The molecule has 1 N–H and O–H groups in total. The Bertz CT molecular complexity index is 585. The first-order chi connectivity index (χ1) is 10.1. The fraction of sp³-hybridized carbons (Fsp3) is 0.714. The van der Waals surface area contributed by atoms with Gasteiger partial charge in [0.2, 0.25) is 10.0 Å². The van der Waals surface area contributed by atoms with Gasteiger partial charge in [0, 0.05) is 37.1 Å². The molecular formula is C14H23N3O2S2. The summed E-state index contributed by atoms with van der Waals surface area (Å²) in [5.74, 6) is 0. The summed E-state index contributed by atoms with van der Waals surface area (Å²) in [5, 5.41) is 4.92. The summed E-state index contributed by atoms with van der Waals surface area (Å²) in [6.45, 7) is 3.87. The van der Waals surface area contributed by atoms with Gasteiger partial charge in [-0.3, -0.25) is 4.90 Å². The van der Waals surface area contributed by atoms with Gasteiger partial charge in [-0.2, -0.15) is 4.31 Å². The summed E-state index contributed by atoms with van der Waals surface area (Å²) in [4.78, 5) is 3.85. The number of piperidine rings is 1. The van der Waals surface area contributed by atoms with E-state index in [1.54, 1.807) is 10.4 Å². The lowest BCUT2D eigenvalue weighted by Gasteiger charge is -2.43. The van der Waals surface area contributed by atoms with Crippen LogP contribution in [0.5, 0.6) is 0 Å². The predicted molar refractivity (Wildman–Crippen MR) is 85.1 cm³/mol. The lowest BCUT2D eigenvalue weighted by atomic mass is 10.0. The Labute approximate surface area is 131 Å². The smallest absolute Gasteiger partial charge is 0.244 e. The van der Waals surface area contributed by atoms with E-state index < -0.39 is 10.0 Å². The molecule has 3 heterocycles. The number of hydrogen-bond donors (Lipinski definition) is 1. The molecule has 0 bridgehead atoms. The van der Waals surface area contributed by atoms with Crippen LogP contribution < -0.4 is 5.32 Å². The molecule has 7 heteroatoms. The molecule has 2 aliphatic heterocycles. The molecule has 1 unspecified atom stereocenters. The van der Waals surface area contributed by atoms with E-state index in [2.05, 4.69) is 10.2 Å². The Balaban J connectivity index is 1.80. The molecular weight excluding hydrogens is 306 g/mol. The average molecular weight is 329 g/mol. The molecule has 0 aliphatic carbocycles. The van der Waals surface area contributed by atoms with Crippen molar-refractivity contribution in [3.05, 3.63) is 16.3 Å². The van der Waals surface area contributed by atoms with Crippen molar-refractivity contribution >= 4 is 21.4 Å². The van der Waals surface area contributed by atoms with Crippen molar-refractivity contribution in [2.45, 2.75) is 36.7 Å². The molecule has 0 aromatic carbocycles. The first kappa shape index (κ1) is 15.4. The first-order valence-corrected chi connectivity index (χ1v) is 9.90. The highest BCUT2D eigenvalue weighted by Crippen LogP contribution is 2.29. The highest BCUT2D eigenvalue weighted by Gasteiger charge is 2.36. The van der Waals surface area contributed by atoms with Crippen molar-refractivity contribution in [1.29, 1.82) is 0 Å². The summed E-state index contributed by atoms with van der Waals surface area (Å²) in [6.07, 6.45) is 3.59. The van der Waals surface area contributed by atoms with Crippen LogP contribution in [0, 0.1) is 0 Å². The topological polar surface area (TPSA) is 52.7 Å². The quantitative estimate of drug-likeness (QED) is 0.905. The van der Waals surface area contributed by atoms with E-state index in [0.29, 0.717) is 30.6 Å². The normalized spacial score (nSPS) is 24.9. The Kier molecular flexibility index (Phi) is 4.66. The minimum atomic E-state index is -3.35. The Morgan fingerprint density at radius 3 is 3.00 bits per heavy atom. The average Bonchev–Trinajstić information content (AvgIpc) is 2.96. The van der Waals surface area contributed by atoms with Crippen molar-refractivity contribution < 1.29 is 8.42 Å². The molecule has 2 aliphatic rings. The Morgan fingerprint density at radius 2 is 2.19 bits per heavy atom. The zero-order valence-corrected chi connectivity index (χ0v) is 14.0. The molecule has 3 rings (SSSR count). The van der Waals surface area contributed by atoms with Gasteiger partial charge in [-0.25, -0.2) is 8.42 Å². The fourth-order valence-corrected chi connectivity index (χ4v) is 6.23. The van der Waals surface area contributed by atoms with E-state index in [-0.39, 0.29) is 0 Å². The van der Waals surface area contributed by atoms with E-state index in [4.69, 9.17) is 0 Å². The molecule has 1 aromatic heterocycles. The maximum atomic E-state index is 12.9. The van der Waals surface area contributed by atoms with Crippen molar-refractivity contribution in [3.63, 3.8) is 0 Å². The molecule has 118 valence electrons. The van der Waals surface area contributed by atoms with Crippen molar-refractivity contribution in [2.75, 3.05) is 33.2 Å². The number of hydrogen-bond acceptors (Lipinski definition) is 5. The number of rotatable bonds is 4. The van der Waals surface area contributed by atoms with Gasteiger partial charge >= 0.3 is 0 Å². The molecule has 1 atom stereocenters. The highest BCUT2D eigenvalue weighted by molar-refractivity contribution is 7.89. The third-order valence-corrected chi connectivity index (χ3v) is 7.46. The largest absolute Gasteiger partial charge is 0.315 e. The summed E-state index contributed by atoms with van der Waals surface area (Å²) in [5.41, 5.74) is 0. The van der Waals surface area contributed by atoms with Gasteiger partial charge in [-0.05, 0) is 37.9 Å². The van der Waals surface area contributed by atoms with Crippen LogP contribution in [-0.4, -0.2) is 56.9 Å². The zero-order chi connectivity index (χ0) is 14.9. The van der Waals surface area contributed by atoms with Crippen LogP contribution in [0.3, 0.4) is 0 Å². The molecule has 21 heavy (non-hydrogen) atoms. The summed E-state index contributed by atoms with van der Waals surface area (Å²) >= 11 is 1.51. The van der Waals surface area contributed by atoms with Gasteiger partial charge in [0.1, 0.15) is 0 Å². The first-order valence-electron chi connectivity index (χ1n) is 7.58. The zero-order valence-electron chi connectivity index (χ0n) is 12.4. The van der Waals surface area contributed by atoms with E-state index in [1.165, 1.54) is 24.2 Å². The maximum Gasteiger partial charge on any atom is 0.244 e. The summed E-state index contributed by atoms with van der Waals surface area (Å²) in [6, 6.07) is 2.16. The molecule has 0 saturated carbocycles. The fourth-order valence-electron chi connectivity index (χ4n) is 3.33. The number of sulfonamides is 1. The van der Waals surface area contributed by atoms with Crippen LogP contribution in [0.25, 0.3) is 0 Å². The monoisotopic (exact) mass is 329 g/mol. The third-order valence-electron chi connectivity index (χ3n) is 4.46.